The van der Waals surface area contributed by atoms with Gasteiger partial charge in [0.15, 0.2) is 6.61 Å². The summed E-state index contributed by atoms with van der Waals surface area (Å²) in [4.78, 5) is 52.1. The van der Waals surface area contributed by atoms with Gasteiger partial charge in [-0.1, -0.05) is 0 Å². The standard InChI is InChI=1S/C21H22N2O6S/c1-22(11-14-6-9-30-13-14)18(24)12-29-21(27)15-4-5-16-17(10-15)20(26)23(19(16)25)7-3-8-28-2/h4-6,9-10,13H,3,7-8,11-12H2,1-2H3. The Hall–Kier alpha value is -3.04. The van der Waals surface area contributed by atoms with E-state index in [9.17, 15) is 19.2 Å². The smallest absolute Gasteiger partial charge is 0.338 e. The molecule has 0 N–H and O–H groups in total. The molecule has 0 bridgehead atoms. The summed E-state index contributed by atoms with van der Waals surface area (Å²) < 4.78 is 10.1. The van der Waals surface area contributed by atoms with Crippen LogP contribution < -0.4 is 0 Å². The van der Waals surface area contributed by atoms with Gasteiger partial charge in [0.05, 0.1) is 16.7 Å². The number of methoxy groups -OCH3 is 1. The lowest BCUT2D eigenvalue weighted by Crippen LogP contribution is -2.31. The second kappa shape index (κ2) is 9.64. The van der Waals surface area contributed by atoms with Crippen LogP contribution in [-0.4, -0.2) is 67.4 Å². The molecule has 0 saturated carbocycles. The van der Waals surface area contributed by atoms with Crippen molar-refractivity contribution in [1.82, 2.24) is 9.80 Å². The molecule has 0 fully saturated rings. The Bertz CT molecular complexity index is 956. The molecule has 0 radical (unpaired) electrons. The summed E-state index contributed by atoms with van der Waals surface area (Å²) in [6, 6.07) is 6.12. The van der Waals surface area contributed by atoms with Crippen molar-refractivity contribution in [3.63, 3.8) is 0 Å². The summed E-state index contributed by atoms with van der Waals surface area (Å²) in [6.45, 7) is 0.686. The van der Waals surface area contributed by atoms with Gasteiger partial charge in [0.2, 0.25) is 0 Å². The fraction of sp³-hybridized carbons (Fsp3) is 0.333. The Morgan fingerprint density at radius 1 is 1.13 bits per heavy atom. The van der Waals surface area contributed by atoms with E-state index in [4.69, 9.17) is 9.47 Å². The van der Waals surface area contributed by atoms with Crippen LogP contribution in [0.1, 0.15) is 43.1 Å². The predicted molar refractivity (Wildman–Crippen MR) is 109 cm³/mol. The van der Waals surface area contributed by atoms with E-state index in [-0.39, 0.29) is 29.1 Å². The minimum Gasteiger partial charge on any atom is -0.452 e. The summed E-state index contributed by atoms with van der Waals surface area (Å²) in [7, 11) is 3.18. The van der Waals surface area contributed by atoms with Gasteiger partial charge in [0.25, 0.3) is 17.7 Å². The summed E-state index contributed by atoms with van der Waals surface area (Å²) in [5.74, 6) is -1.91. The number of amides is 3. The quantitative estimate of drug-likeness (QED) is 0.344. The van der Waals surface area contributed by atoms with Gasteiger partial charge >= 0.3 is 5.97 Å². The van der Waals surface area contributed by atoms with Crippen molar-refractivity contribution in [1.29, 1.82) is 0 Å². The molecule has 0 unspecified atom stereocenters. The molecule has 8 nitrogen and oxygen atoms in total. The van der Waals surface area contributed by atoms with Crippen LogP contribution in [0.2, 0.25) is 0 Å². The average Bonchev–Trinajstić information content (AvgIpc) is 3.33. The average molecular weight is 430 g/mol. The first-order chi connectivity index (χ1) is 14.4. The highest BCUT2D eigenvalue weighted by atomic mass is 32.1. The lowest BCUT2D eigenvalue weighted by Gasteiger charge is -2.16. The SMILES string of the molecule is COCCCN1C(=O)c2ccc(C(=O)OCC(=O)N(C)Cc3ccsc3)cc2C1=O. The van der Waals surface area contributed by atoms with E-state index >= 15 is 0 Å². The number of hydrogen-bond acceptors (Lipinski definition) is 7. The number of ether oxygens (including phenoxy) is 2. The van der Waals surface area contributed by atoms with Crippen LogP contribution in [0.3, 0.4) is 0 Å². The van der Waals surface area contributed by atoms with Crippen molar-refractivity contribution in [2.24, 2.45) is 0 Å². The molecule has 2 aromatic rings. The minimum absolute atomic E-state index is 0.113. The Morgan fingerprint density at radius 3 is 2.60 bits per heavy atom. The van der Waals surface area contributed by atoms with E-state index in [0.717, 1.165) is 10.5 Å². The van der Waals surface area contributed by atoms with Crippen LogP contribution >= 0.6 is 11.3 Å². The molecular formula is C21H22N2O6S. The zero-order valence-electron chi connectivity index (χ0n) is 16.8. The van der Waals surface area contributed by atoms with Gasteiger partial charge < -0.3 is 14.4 Å². The molecule has 1 aliphatic rings. The van der Waals surface area contributed by atoms with Gasteiger partial charge in [0, 0.05) is 33.9 Å². The van der Waals surface area contributed by atoms with Crippen molar-refractivity contribution in [2.45, 2.75) is 13.0 Å². The monoisotopic (exact) mass is 430 g/mol. The third kappa shape index (κ3) is 4.74. The van der Waals surface area contributed by atoms with Crippen molar-refractivity contribution >= 4 is 35.0 Å². The molecule has 0 atom stereocenters. The molecule has 9 heteroatoms. The predicted octanol–water partition coefficient (Wildman–Crippen LogP) is 2.20. The van der Waals surface area contributed by atoms with Crippen molar-refractivity contribution in [3.05, 3.63) is 57.3 Å². The number of likely N-dealkylation sites (N-methyl/N-ethyl adjacent to an activating group) is 1. The topological polar surface area (TPSA) is 93.2 Å². The van der Waals surface area contributed by atoms with E-state index in [1.165, 1.54) is 34.4 Å². The number of thiophene rings is 1. The summed E-state index contributed by atoms with van der Waals surface area (Å²) in [5.41, 5.74) is 1.52. The Kier molecular flexibility index (Phi) is 6.96. The Labute approximate surface area is 178 Å². The van der Waals surface area contributed by atoms with E-state index in [2.05, 4.69) is 0 Å². The number of carbonyl (C=O) groups is 4. The van der Waals surface area contributed by atoms with Gasteiger partial charge in [-0.15, -0.1) is 0 Å². The van der Waals surface area contributed by atoms with E-state index in [1.54, 1.807) is 14.2 Å². The van der Waals surface area contributed by atoms with Gasteiger partial charge in [-0.25, -0.2) is 4.79 Å². The zero-order valence-corrected chi connectivity index (χ0v) is 17.6. The molecule has 1 aromatic carbocycles. The van der Waals surface area contributed by atoms with Crippen LogP contribution in [-0.2, 0) is 20.8 Å². The van der Waals surface area contributed by atoms with Gasteiger partial charge in [-0.05, 0) is 47.0 Å². The zero-order chi connectivity index (χ0) is 21.7. The molecule has 0 aliphatic carbocycles. The molecule has 0 saturated heterocycles. The van der Waals surface area contributed by atoms with Crippen molar-refractivity contribution in [3.8, 4) is 0 Å². The molecule has 1 aromatic heterocycles. The molecule has 1 aliphatic heterocycles. The fourth-order valence-electron chi connectivity index (χ4n) is 3.05. The van der Waals surface area contributed by atoms with Gasteiger partial charge in [-0.2, -0.15) is 11.3 Å². The van der Waals surface area contributed by atoms with Gasteiger partial charge in [-0.3, -0.25) is 19.3 Å². The van der Waals surface area contributed by atoms with Crippen molar-refractivity contribution < 1.29 is 28.7 Å². The fourth-order valence-corrected chi connectivity index (χ4v) is 3.71. The second-order valence-electron chi connectivity index (χ2n) is 6.83. The van der Waals surface area contributed by atoms with Crippen LogP contribution in [0.25, 0.3) is 0 Å². The van der Waals surface area contributed by atoms with E-state index < -0.39 is 24.4 Å². The highest BCUT2D eigenvalue weighted by Crippen LogP contribution is 2.24. The Morgan fingerprint density at radius 2 is 1.90 bits per heavy atom. The number of nitrogens with zero attached hydrogens (tertiary/aromatic N) is 2. The van der Waals surface area contributed by atoms with Gasteiger partial charge in [0.1, 0.15) is 0 Å². The molecule has 0 spiro atoms. The molecule has 3 amide bonds. The number of hydrogen-bond donors (Lipinski definition) is 0. The van der Waals surface area contributed by atoms with Crippen LogP contribution in [0.4, 0.5) is 0 Å². The lowest BCUT2D eigenvalue weighted by molar-refractivity contribution is -0.133. The largest absolute Gasteiger partial charge is 0.452 e. The molecular weight excluding hydrogens is 408 g/mol. The first-order valence-corrected chi connectivity index (χ1v) is 10.3. The van der Waals surface area contributed by atoms with E-state index in [0.29, 0.717) is 19.6 Å². The maximum atomic E-state index is 12.5. The molecule has 158 valence electrons. The highest BCUT2D eigenvalue weighted by Gasteiger charge is 2.35. The molecule has 3 rings (SSSR count). The summed E-state index contributed by atoms with van der Waals surface area (Å²) in [6.07, 6.45) is 0.526. The van der Waals surface area contributed by atoms with Crippen LogP contribution in [0.15, 0.2) is 35.0 Å². The van der Waals surface area contributed by atoms with Crippen LogP contribution in [0, 0.1) is 0 Å². The first-order valence-electron chi connectivity index (χ1n) is 9.33. The number of esters is 1. The lowest BCUT2D eigenvalue weighted by atomic mass is 10.1. The normalized spacial score (nSPS) is 12.8. The number of imide groups is 1. The molecule has 30 heavy (non-hydrogen) atoms. The summed E-state index contributed by atoms with van der Waals surface area (Å²) in [5, 5.41) is 3.86. The minimum atomic E-state index is -0.729. The highest BCUT2D eigenvalue weighted by molar-refractivity contribution is 7.07. The molecule has 2 heterocycles. The third-order valence-electron chi connectivity index (χ3n) is 4.69. The number of fused-ring (bicyclic) bond motifs is 1. The number of carbonyl (C=O) groups excluding carboxylic acids is 4. The summed E-state index contributed by atoms with van der Waals surface area (Å²) >= 11 is 1.54. The third-order valence-corrected chi connectivity index (χ3v) is 5.42. The number of benzene rings is 1. The number of rotatable bonds is 9. The Balaban J connectivity index is 1.60. The second-order valence-corrected chi connectivity index (χ2v) is 7.61. The van der Waals surface area contributed by atoms with Crippen LogP contribution in [0.5, 0.6) is 0 Å². The maximum Gasteiger partial charge on any atom is 0.338 e. The first kappa shape index (κ1) is 21.7. The van der Waals surface area contributed by atoms with Crippen molar-refractivity contribution in [2.75, 3.05) is 33.9 Å². The van der Waals surface area contributed by atoms with E-state index in [1.807, 2.05) is 16.8 Å². The maximum absolute atomic E-state index is 12.5.